The molecule has 1 atom stereocenters. The maximum atomic E-state index is 9.54. The van der Waals surface area contributed by atoms with Gasteiger partial charge in [-0.05, 0) is 6.07 Å². The maximum absolute atomic E-state index is 9.54. The fourth-order valence-electron chi connectivity index (χ4n) is 1.75. The molecule has 0 spiro atoms. The van der Waals surface area contributed by atoms with E-state index in [4.69, 9.17) is 5.73 Å². The van der Waals surface area contributed by atoms with Gasteiger partial charge in [0, 0.05) is 35.6 Å². The van der Waals surface area contributed by atoms with E-state index in [1.807, 2.05) is 19.2 Å². The van der Waals surface area contributed by atoms with Crippen LogP contribution in [0.25, 0.3) is 10.1 Å². The standard InChI is InChI=1S/C12H16N2OS/c1-14(7-9(15)6-13)11-8-16-12-5-3-2-4-10(11)12/h2-5,8-9,15H,6-7,13H2,1H3. The van der Waals surface area contributed by atoms with E-state index in [2.05, 4.69) is 22.4 Å². The van der Waals surface area contributed by atoms with Crippen LogP contribution in [0.15, 0.2) is 29.6 Å². The normalized spacial score (nSPS) is 12.9. The highest BCUT2D eigenvalue weighted by atomic mass is 32.1. The van der Waals surface area contributed by atoms with Crippen molar-refractivity contribution in [3.05, 3.63) is 29.6 Å². The van der Waals surface area contributed by atoms with E-state index in [1.165, 1.54) is 10.1 Å². The number of nitrogens with zero attached hydrogens (tertiary/aromatic N) is 1. The summed E-state index contributed by atoms with van der Waals surface area (Å²) < 4.78 is 1.27. The summed E-state index contributed by atoms with van der Waals surface area (Å²) >= 11 is 1.72. The minimum absolute atomic E-state index is 0.298. The lowest BCUT2D eigenvalue weighted by Gasteiger charge is -2.21. The van der Waals surface area contributed by atoms with Crippen molar-refractivity contribution in [3.8, 4) is 0 Å². The van der Waals surface area contributed by atoms with E-state index in [1.54, 1.807) is 11.3 Å². The van der Waals surface area contributed by atoms with Gasteiger partial charge in [0.05, 0.1) is 11.8 Å². The van der Waals surface area contributed by atoms with Gasteiger partial charge in [0.15, 0.2) is 0 Å². The van der Waals surface area contributed by atoms with Gasteiger partial charge in [-0.2, -0.15) is 0 Å². The zero-order valence-corrected chi connectivity index (χ0v) is 10.1. The molecular formula is C12H16N2OS. The Kier molecular flexibility index (Phi) is 3.43. The number of likely N-dealkylation sites (N-methyl/N-ethyl adjacent to an activating group) is 1. The van der Waals surface area contributed by atoms with Crippen molar-refractivity contribution in [3.63, 3.8) is 0 Å². The monoisotopic (exact) mass is 236 g/mol. The molecule has 3 N–H and O–H groups in total. The minimum atomic E-state index is -0.469. The van der Waals surface area contributed by atoms with E-state index < -0.39 is 6.10 Å². The molecule has 16 heavy (non-hydrogen) atoms. The van der Waals surface area contributed by atoms with Crippen molar-refractivity contribution in [1.82, 2.24) is 0 Å². The van der Waals surface area contributed by atoms with Gasteiger partial charge in [0.2, 0.25) is 0 Å². The molecule has 0 amide bonds. The number of fused-ring (bicyclic) bond motifs is 1. The van der Waals surface area contributed by atoms with Gasteiger partial charge in [-0.25, -0.2) is 0 Å². The van der Waals surface area contributed by atoms with E-state index in [9.17, 15) is 5.11 Å². The first-order valence-electron chi connectivity index (χ1n) is 5.28. The van der Waals surface area contributed by atoms with Crippen molar-refractivity contribution in [1.29, 1.82) is 0 Å². The average Bonchev–Trinajstić information content (AvgIpc) is 2.72. The minimum Gasteiger partial charge on any atom is -0.390 e. The Labute approximate surface area is 99.1 Å². The molecule has 0 bridgehead atoms. The zero-order chi connectivity index (χ0) is 11.5. The third-order valence-corrected chi connectivity index (χ3v) is 3.58. The molecule has 4 heteroatoms. The highest BCUT2D eigenvalue weighted by Gasteiger charge is 2.11. The van der Waals surface area contributed by atoms with E-state index >= 15 is 0 Å². The Morgan fingerprint density at radius 3 is 2.94 bits per heavy atom. The smallest absolute Gasteiger partial charge is 0.0836 e. The number of nitrogens with two attached hydrogens (primary N) is 1. The average molecular weight is 236 g/mol. The quantitative estimate of drug-likeness (QED) is 0.848. The summed E-state index contributed by atoms with van der Waals surface area (Å²) in [5.74, 6) is 0. The van der Waals surface area contributed by atoms with Crippen LogP contribution in [-0.4, -0.2) is 31.3 Å². The molecule has 1 aromatic heterocycles. The van der Waals surface area contributed by atoms with Gasteiger partial charge in [-0.1, -0.05) is 18.2 Å². The van der Waals surface area contributed by atoms with Crippen LogP contribution in [-0.2, 0) is 0 Å². The Morgan fingerprint density at radius 2 is 2.19 bits per heavy atom. The molecule has 3 nitrogen and oxygen atoms in total. The van der Waals surface area contributed by atoms with Gasteiger partial charge in [0.1, 0.15) is 0 Å². The second kappa shape index (κ2) is 4.82. The highest BCUT2D eigenvalue weighted by molar-refractivity contribution is 7.17. The van der Waals surface area contributed by atoms with Crippen LogP contribution in [0, 0.1) is 0 Å². The molecule has 0 saturated carbocycles. The Morgan fingerprint density at radius 1 is 1.44 bits per heavy atom. The van der Waals surface area contributed by atoms with Gasteiger partial charge < -0.3 is 15.7 Å². The number of hydrogen-bond acceptors (Lipinski definition) is 4. The topological polar surface area (TPSA) is 49.5 Å². The number of benzene rings is 1. The molecule has 0 aliphatic heterocycles. The van der Waals surface area contributed by atoms with Crippen molar-refractivity contribution in [2.45, 2.75) is 6.10 Å². The second-order valence-corrected chi connectivity index (χ2v) is 4.80. The van der Waals surface area contributed by atoms with Crippen LogP contribution < -0.4 is 10.6 Å². The predicted octanol–water partition coefficient (Wildman–Crippen LogP) is 1.66. The fourth-order valence-corrected chi connectivity index (χ4v) is 2.75. The Hall–Kier alpha value is -1.10. The number of aliphatic hydroxyl groups excluding tert-OH is 1. The number of anilines is 1. The Balaban J connectivity index is 2.26. The predicted molar refractivity (Wildman–Crippen MR) is 70.2 cm³/mol. The van der Waals surface area contributed by atoms with Gasteiger partial charge in [-0.15, -0.1) is 11.3 Å². The molecule has 0 radical (unpaired) electrons. The molecule has 1 heterocycles. The number of rotatable bonds is 4. The summed E-state index contributed by atoms with van der Waals surface area (Å²) in [5, 5.41) is 12.9. The lowest BCUT2D eigenvalue weighted by molar-refractivity contribution is 0.189. The van der Waals surface area contributed by atoms with Crippen molar-refractivity contribution in [2.24, 2.45) is 5.73 Å². The summed E-state index contributed by atoms with van der Waals surface area (Å²) in [4.78, 5) is 2.05. The first kappa shape index (κ1) is 11.4. The molecule has 2 rings (SSSR count). The molecule has 0 aliphatic carbocycles. The SMILES string of the molecule is CN(CC(O)CN)c1csc2ccccc12. The summed E-state index contributed by atoms with van der Waals surface area (Å²) in [6, 6.07) is 8.28. The summed E-state index contributed by atoms with van der Waals surface area (Å²) in [6.45, 7) is 0.865. The van der Waals surface area contributed by atoms with Crippen LogP contribution in [0.4, 0.5) is 5.69 Å². The van der Waals surface area contributed by atoms with Crippen molar-refractivity contribution < 1.29 is 5.11 Å². The fraction of sp³-hybridized carbons (Fsp3) is 0.333. The molecule has 1 unspecified atom stereocenters. The van der Waals surface area contributed by atoms with E-state index in [-0.39, 0.29) is 0 Å². The lowest BCUT2D eigenvalue weighted by atomic mass is 10.2. The molecule has 0 fully saturated rings. The number of aliphatic hydroxyl groups is 1. The first-order chi connectivity index (χ1) is 7.72. The number of thiophene rings is 1. The molecule has 0 saturated heterocycles. The molecular weight excluding hydrogens is 220 g/mol. The van der Waals surface area contributed by atoms with Crippen LogP contribution in [0.1, 0.15) is 0 Å². The second-order valence-electron chi connectivity index (χ2n) is 3.89. The van der Waals surface area contributed by atoms with Gasteiger partial charge in [0.25, 0.3) is 0 Å². The van der Waals surface area contributed by atoms with Gasteiger partial charge >= 0.3 is 0 Å². The summed E-state index contributed by atoms with van der Waals surface area (Å²) in [5.41, 5.74) is 6.57. The summed E-state index contributed by atoms with van der Waals surface area (Å²) in [6.07, 6.45) is -0.469. The van der Waals surface area contributed by atoms with Gasteiger partial charge in [-0.3, -0.25) is 0 Å². The first-order valence-corrected chi connectivity index (χ1v) is 6.16. The summed E-state index contributed by atoms with van der Waals surface area (Å²) in [7, 11) is 1.98. The Bertz CT molecular complexity index is 469. The zero-order valence-electron chi connectivity index (χ0n) is 9.26. The van der Waals surface area contributed by atoms with Crippen LogP contribution >= 0.6 is 11.3 Å². The molecule has 0 aliphatic rings. The molecule has 2 aromatic rings. The number of hydrogen-bond donors (Lipinski definition) is 2. The maximum Gasteiger partial charge on any atom is 0.0836 e. The molecule has 86 valence electrons. The van der Waals surface area contributed by atoms with Crippen LogP contribution in [0.2, 0.25) is 0 Å². The largest absolute Gasteiger partial charge is 0.390 e. The third kappa shape index (κ3) is 2.19. The van der Waals surface area contributed by atoms with Crippen molar-refractivity contribution >= 4 is 27.1 Å². The molecule has 1 aromatic carbocycles. The van der Waals surface area contributed by atoms with Crippen LogP contribution in [0.5, 0.6) is 0 Å². The van der Waals surface area contributed by atoms with Crippen molar-refractivity contribution in [2.75, 3.05) is 25.0 Å². The highest BCUT2D eigenvalue weighted by Crippen LogP contribution is 2.32. The van der Waals surface area contributed by atoms with Crippen LogP contribution in [0.3, 0.4) is 0 Å². The lowest BCUT2D eigenvalue weighted by Crippen LogP contribution is -2.33. The van der Waals surface area contributed by atoms with E-state index in [0.717, 1.165) is 5.69 Å². The van der Waals surface area contributed by atoms with E-state index in [0.29, 0.717) is 13.1 Å². The third-order valence-electron chi connectivity index (χ3n) is 2.63.